The SMILES string of the molecule is Cc1c(C(=O)O)c2cccnc2n1C(C)CO. The number of carbonyl (C=O) groups is 1. The van der Waals surface area contributed by atoms with Crippen LogP contribution < -0.4 is 0 Å². The number of carboxylic acid groups (broad SMARTS) is 1. The van der Waals surface area contributed by atoms with Crippen molar-refractivity contribution in [2.24, 2.45) is 0 Å². The maximum atomic E-state index is 11.3. The molecule has 0 saturated carbocycles. The maximum absolute atomic E-state index is 11.3. The predicted molar refractivity (Wildman–Crippen MR) is 63.2 cm³/mol. The molecule has 0 aliphatic rings. The Morgan fingerprint density at radius 1 is 1.59 bits per heavy atom. The van der Waals surface area contributed by atoms with Crippen LogP contribution in [0.1, 0.15) is 29.0 Å². The number of aliphatic hydroxyl groups excluding tert-OH is 1. The summed E-state index contributed by atoms with van der Waals surface area (Å²) in [5.74, 6) is -0.968. The zero-order valence-corrected chi connectivity index (χ0v) is 9.71. The molecule has 0 aliphatic carbocycles. The highest BCUT2D eigenvalue weighted by molar-refractivity contribution is 6.04. The first-order valence-corrected chi connectivity index (χ1v) is 5.37. The number of aromatic carboxylic acids is 1. The number of hydrogen-bond acceptors (Lipinski definition) is 3. The molecule has 17 heavy (non-hydrogen) atoms. The molecular formula is C12H14N2O3. The molecule has 2 heterocycles. The first-order chi connectivity index (χ1) is 8.07. The van der Waals surface area contributed by atoms with E-state index in [1.165, 1.54) is 0 Å². The summed E-state index contributed by atoms with van der Waals surface area (Å²) in [5, 5.41) is 19.1. The van der Waals surface area contributed by atoms with E-state index in [-0.39, 0.29) is 18.2 Å². The largest absolute Gasteiger partial charge is 0.478 e. The van der Waals surface area contributed by atoms with Gasteiger partial charge in [0.1, 0.15) is 5.65 Å². The Balaban J connectivity index is 2.84. The maximum Gasteiger partial charge on any atom is 0.338 e. The summed E-state index contributed by atoms with van der Waals surface area (Å²) in [6, 6.07) is 3.25. The second-order valence-electron chi connectivity index (χ2n) is 4.04. The molecular weight excluding hydrogens is 220 g/mol. The van der Waals surface area contributed by atoms with Crippen molar-refractivity contribution in [3.8, 4) is 0 Å². The lowest BCUT2D eigenvalue weighted by atomic mass is 10.2. The highest BCUT2D eigenvalue weighted by Crippen LogP contribution is 2.27. The molecule has 0 spiro atoms. The summed E-state index contributed by atoms with van der Waals surface area (Å²) in [6.45, 7) is 3.50. The van der Waals surface area contributed by atoms with E-state index in [0.717, 1.165) is 0 Å². The van der Waals surface area contributed by atoms with Gasteiger partial charge in [0.25, 0.3) is 0 Å². The van der Waals surface area contributed by atoms with E-state index in [1.807, 2.05) is 6.92 Å². The van der Waals surface area contributed by atoms with Crippen LogP contribution in [-0.2, 0) is 0 Å². The number of rotatable bonds is 3. The molecule has 2 aromatic rings. The third-order valence-corrected chi connectivity index (χ3v) is 2.93. The number of aromatic nitrogens is 2. The molecule has 0 amide bonds. The van der Waals surface area contributed by atoms with Gasteiger partial charge in [0.15, 0.2) is 0 Å². The average molecular weight is 234 g/mol. The van der Waals surface area contributed by atoms with Gasteiger partial charge in [-0.2, -0.15) is 0 Å². The van der Waals surface area contributed by atoms with Crippen LogP contribution in [0, 0.1) is 6.92 Å². The Labute approximate surface area is 98.3 Å². The van der Waals surface area contributed by atoms with Crippen molar-refractivity contribution >= 4 is 17.0 Å². The lowest BCUT2D eigenvalue weighted by Gasteiger charge is -2.13. The normalized spacial score (nSPS) is 12.9. The van der Waals surface area contributed by atoms with Gasteiger partial charge in [-0.05, 0) is 26.0 Å². The summed E-state index contributed by atoms with van der Waals surface area (Å²) >= 11 is 0. The van der Waals surface area contributed by atoms with Crippen LogP contribution in [0.5, 0.6) is 0 Å². The van der Waals surface area contributed by atoms with Crippen LogP contribution in [-0.4, -0.2) is 32.3 Å². The van der Waals surface area contributed by atoms with Gasteiger partial charge in [0, 0.05) is 17.3 Å². The Morgan fingerprint density at radius 2 is 2.29 bits per heavy atom. The molecule has 0 aliphatic heterocycles. The van der Waals surface area contributed by atoms with E-state index < -0.39 is 5.97 Å². The van der Waals surface area contributed by atoms with Gasteiger partial charge in [-0.15, -0.1) is 0 Å². The molecule has 5 heteroatoms. The fourth-order valence-electron chi connectivity index (χ4n) is 2.15. The van der Waals surface area contributed by atoms with Crippen LogP contribution in [0.2, 0.25) is 0 Å². The van der Waals surface area contributed by atoms with Crippen molar-refractivity contribution in [2.45, 2.75) is 19.9 Å². The first kappa shape index (κ1) is 11.6. The molecule has 0 radical (unpaired) electrons. The quantitative estimate of drug-likeness (QED) is 0.845. The predicted octanol–water partition coefficient (Wildman–Crippen LogP) is 1.60. The van der Waals surface area contributed by atoms with Crippen LogP contribution >= 0.6 is 0 Å². The molecule has 2 rings (SSSR count). The van der Waals surface area contributed by atoms with E-state index in [1.54, 1.807) is 29.8 Å². The van der Waals surface area contributed by atoms with E-state index in [2.05, 4.69) is 4.98 Å². The Bertz CT molecular complexity index is 574. The Kier molecular flexibility index (Phi) is 2.85. The molecule has 0 saturated heterocycles. The average Bonchev–Trinajstić information content (AvgIpc) is 2.60. The smallest absolute Gasteiger partial charge is 0.338 e. The van der Waals surface area contributed by atoms with Crippen molar-refractivity contribution in [3.63, 3.8) is 0 Å². The number of aliphatic hydroxyl groups is 1. The number of carboxylic acids is 1. The standard InChI is InChI=1S/C12H14N2O3/c1-7(6-15)14-8(2)10(12(16)17)9-4-3-5-13-11(9)14/h3-5,7,15H,6H2,1-2H3,(H,16,17). The van der Waals surface area contributed by atoms with Crippen molar-refractivity contribution in [1.82, 2.24) is 9.55 Å². The zero-order chi connectivity index (χ0) is 12.6. The monoisotopic (exact) mass is 234 g/mol. The van der Waals surface area contributed by atoms with E-state index in [0.29, 0.717) is 16.7 Å². The van der Waals surface area contributed by atoms with Crippen LogP contribution in [0.15, 0.2) is 18.3 Å². The highest BCUT2D eigenvalue weighted by Gasteiger charge is 2.22. The van der Waals surface area contributed by atoms with E-state index >= 15 is 0 Å². The molecule has 5 nitrogen and oxygen atoms in total. The molecule has 1 unspecified atom stereocenters. The van der Waals surface area contributed by atoms with Gasteiger partial charge in [0.05, 0.1) is 18.2 Å². The number of pyridine rings is 1. The van der Waals surface area contributed by atoms with Gasteiger partial charge < -0.3 is 14.8 Å². The number of fused-ring (bicyclic) bond motifs is 1. The third-order valence-electron chi connectivity index (χ3n) is 2.93. The molecule has 0 aromatic carbocycles. The molecule has 1 atom stereocenters. The lowest BCUT2D eigenvalue weighted by Crippen LogP contribution is -2.12. The van der Waals surface area contributed by atoms with Crippen molar-refractivity contribution in [3.05, 3.63) is 29.6 Å². The zero-order valence-electron chi connectivity index (χ0n) is 9.71. The summed E-state index contributed by atoms with van der Waals surface area (Å²) in [5.41, 5.74) is 1.48. The minimum Gasteiger partial charge on any atom is -0.478 e. The molecule has 2 aromatic heterocycles. The summed E-state index contributed by atoms with van der Waals surface area (Å²) in [7, 11) is 0. The molecule has 2 N–H and O–H groups in total. The Hall–Kier alpha value is -1.88. The first-order valence-electron chi connectivity index (χ1n) is 5.37. The summed E-state index contributed by atoms with van der Waals surface area (Å²) < 4.78 is 1.76. The van der Waals surface area contributed by atoms with Crippen LogP contribution in [0.25, 0.3) is 11.0 Å². The highest BCUT2D eigenvalue weighted by atomic mass is 16.4. The molecule has 0 bridgehead atoms. The van der Waals surface area contributed by atoms with E-state index in [4.69, 9.17) is 0 Å². The fourth-order valence-corrected chi connectivity index (χ4v) is 2.15. The third kappa shape index (κ3) is 1.68. The van der Waals surface area contributed by atoms with Crippen LogP contribution in [0.3, 0.4) is 0 Å². The van der Waals surface area contributed by atoms with Gasteiger partial charge in [-0.1, -0.05) is 0 Å². The van der Waals surface area contributed by atoms with Gasteiger partial charge in [-0.25, -0.2) is 9.78 Å². The van der Waals surface area contributed by atoms with Crippen molar-refractivity contribution in [2.75, 3.05) is 6.61 Å². The summed E-state index contributed by atoms with van der Waals surface area (Å²) in [6.07, 6.45) is 1.62. The lowest BCUT2D eigenvalue weighted by molar-refractivity contribution is 0.0697. The van der Waals surface area contributed by atoms with Crippen LogP contribution in [0.4, 0.5) is 0 Å². The fraction of sp³-hybridized carbons (Fsp3) is 0.333. The topological polar surface area (TPSA) is 75.3 Å². The number of nitrogens with zero attached hydrogens (tertiary/aromatic N) is 2. The summed E-state index contributed by atoms with van der Waals surface area (Å²) in [4.78, 5) is 15.5. The second-order valence-corrected chi connectivity index (χ2v) is 4.04. The van der Waals surface area contributed by atoms with Crippen molar-refractivity contribution < 1.29 is 15.0 Å². The molecule has 0 fully saturated rings. The van der Waals surface area contributed by atoms with Gasteiger partial charge in [0.2, 0.25) is 0 Å². The minimum absolute atomic E-state index is 0.0553. The Morgan fingerprint density at radius 3 is 2.88 bits per heavy atom. The van der Waals surface area contributed by atoms with Gasteiger partial charge >= 0.3 is 5.97 Å². The minimum atomic E-state index is -0.968. The second kappa shape index (κ2) is 4.18. The molecule has 90 valence electrons. The van der Waals surface area contributed by atoms with E-state index in [9.17, 15) is 15.0 Å². The number of hydrogen-bond donors (Lipinski definition) is 2. The van der Waals surface area contributed by atoms with Crippen molar-refractivity contribution in [1.29, 1.82) is 0 Å². The van der Waals surface area contributed by atoms with Gasteiger partial charge in [-0.3, -0.25) is 0 Å².